The molecule has 1 aliphatic carbocycles. The van der Waals surface area contributed by atoms with Crippen LogP contribution in [0.2, 0.25) is 0 Å². The van der Waals surface area contributed by atoms with Crippen LogP contribution < -0.4 is 10.6 Å². The molecule has 0 saturated heterocycles. The Hall–Kier alpha value is -2.74. The quantitative estimate of drug-likeness (QED) is 0.755. The van der Waals surface area contributed by atoms with Crippen molar-refractivity contribution >= 4 is 41.0 Å². The molecule has 0 radical (unpaired) electrons. The summed E-state index contributed by atoms with van der Waals surface area (Å²) < 4.78 is 0. The van der Waals surface area contributed by atoms with Crippen LogP contribution in [0.1, 0.15) is 41.9 Å². The summed E-state index contributed by atoms with van der Waals surface area (Å²) >= 11 is 1.21. The van der Waals surface area contributed by atoms with Gasteiger partial charge in [-0.05, 0) is 30.9 Å². The van der Waals surface area contributed by atoms with Gasteiger partial charge in [-0.3, -0.25) is 19.7 Å². The molecule has 0 saturated carbocycles. The van der Waals surface area contributed by atoms with E-state index in [9.17, 15) is 14.4 Å². The van der Waals surface area contributed by atoms with Crippen LogP contribution in [0.4, 0.5) is 11.6 Å². The summed E-state index contributed by atoms with van der Waals surface area (Å²) in [6.45, 7) is 6.02. The third-order valence-electron chi connectivity index (χ3n) is 4.51. The number of aromatic nitrogens is 2. The number of carbonyl (C=O) groups is 3. The average Bonchev–Trinajstić information content (AvgIpc) is 2.62. The fraction of sp³-hybridized carbons (Fsp3) is 0.381. The summed E-state index contributed by atoms with van der Waals surface area (Å²) in [6, 6.07) is 7.51. The molecule has 1 aromatic heterocycles. The number of carbonyl (C=O) groups excluding carboxylic acids is 3. The second-order valence-electron chi connectivity index (χ2n) is 7.95. The van der Waals surface area contributed by atoms with Crippen molar-refractivity contribution in [2.24, 2.45) is 5.41 Å². The predicted molar refractivity (Wildman–Crippen MR) is 114 cm³/mol. The summed E-state index contributed by atoms with van der Waals surface area (Å²) in [5.41, 5.74) is 2.89. The van der Waals surface area contributed by atoms with Gasteiger partial charge < -0.3 is 5.32 Å². The minimum Gasteiger partial charge on any atom is -0.325 e. The van der Waals surface area contributed by atoms with Gasteiger partial charge in [0, 0.05) is 18.3 Å². The first kappa shape index (κ1) is 21.0. The molecule has 0 spiro atoms. The maximum Gasteiger partial charge on any atom is 0.236 e. The molecule has 0 atom stereocenters. The Bertz CT molecular complexity index is 941. The zero-order valence-corrected chi connectivity index (χ0v) is 17.6. The van der Waals surface area contributed by atoms with Crippen molar-refractivity contribution < 1.29 is 14.4 Å². The number of rotatable bonds is 6. The third kappa shape index (κ3) is 5.87. The number of fused-ring (bicyclic) bond motifs is 1. The first-order valence-corrected chi connectivity index (χ1v) is 10.5. The van der Waals surface area contributed by atoms with Gasteiger partial charge in [-0.15, -0.1) is 11.8 Å². The molecule has 0 bridgehead atoms. The number of anilines is 2. The Kier molecular flexibility index (Phi) is 6.32. The van der Waals surface area contributed by atoms with E-state index in [0.717, 1.165) is 11.3 Å². The molecule has 2 amide bonds. The molecule has 1 aromatic carbocycles. The van der Waals surface area contributed by atoms with Crippen LogP contribution in [-0.4, -0.2) is 39.1 Å². The third-order valence-corrected chi connectivity index (χ3v) is 5.44. The Morgan fingerprint density at radius 1 is 1.07 bits per heavy atom. The summed E-state index contributed by atoms with van der Waals surface area (Å²) in [6.07, 6.45) is 2.61. The van der Waals surface area contributed by atoms with Gasteiger partial charge in [-0.1, -0.05) is 31.5 Å². The van der Waals surface area contributed by atoms with Gasteiger partial charge in [0.1, 0.15) is 0 Å². The fourth-order valence-electron chi connectivity index (χ4n) is 3.12. The first-order valence-electron chi connectivity index (χ1n) is 9.35. The Morgan fingerprint density at radius 3 is 2.41 bits per heavy atom. The first-order chi connectivity index (χ1) is 13.7. The molecule has 0 unspecified atom stereocenters. The van der Waals surface area contributed by atoms with E-state index >= 15 is 0 Å². The number of thioether (sulfide) groups is 1. The molecule has 7 nitrogen and oxygen atoms in total. The zero-order valence-electron chi connectivity index (χ0n) is 16.7. The Morgan fingerprint density at radius 2 is 1.72 bits per heavy atom. The number of nitrogens with zero attached hydrogens (tertiary/aromatic N) is 2. The minimum atomic E-state index is -0.292. The summed E-state index contributed by atoms with van der Waals surface area (Å²) in [7, 11) is 0. The topological polar surface area (TPSA) is 101 Å². The number of hydrogen-bond acceptors (Lipinski definition) is 6. The predicted octanol–water partition coefficient (Wildman–Crippen LogP) is 3.25. The van der Waals surface area contributed by atoms with Crippen molar-refractivity contribution in [3.63, 3.8) is 0 Å². The lowest BCUT2D eigenvalue weighted by Gasteiger charge is -2.29. The Labute approximate surface area is 174 Å². The van der Waals surface area contributed by atoms with Gasteiger partial charge in [0.2, 0.25) is 17.8 Å². The molecule has 2 N–H and O–H groups in total. The van der Waals surface area contributed by atoms with Crippen molar-refractivity contribution in [2.45, 2.75) is 33.6 Å². The highest BCUT2D eigenvalue weighted by Gasteiger charge is 2.32. The highest BCUT2D eigenvalue weighted by molar-refractivity contribution is 8.00. The molecule has 8 heteroatoms. The van der Waals surface area contributed by atoms with Crippen LogP contribution in [-0.2, 0) is 16.0 Å². The normalized spacial score (nSPS) is 14.8. The van der Waals surface area contributed by atoms with Crippen molar-refractivity contribution in [3.05, 3.63) is 47.3 Å². The van der Waals surface area contributed by atoms with Crippen molar-refractivity contribution in [1.29, 1.82) is 0 Å². The number of Topliss-reactive ketones (excluding diaryl/α,β-unsaturated/α-hetero) is 1. The van der Waals surface area contributed by atoms with Gasteiger partial charge in [0.05, 0.1) is 22.8 Å². The number of nitrogens with one attached hydrogen (secondary N) is 2. The van der Waals surface area contributed by atoms with Crippen molar-refractivity contribution in [3.8, 4) is 0 Å². The van der Waals surface area contributed by atoms with Crippen LogP contribution in [0.15, 0.2) is 30.5 Å². The van der Waals surface area contributed by atoms with Crippen LogP contribution in [0.25, 0.3) is 0 Å². The summed E-state index contributed by atoms with van der Waals surface area (Å²) in [4.78, 5) is 44.7. The molecule has 1 heterocycles. The zero-order chi connectivity index (χ0) is 21.0. The van der Waals surface area contributed by atoms with E-state index in [1.165, 1.54) is 18.0 Å². The summed E-state index contributed by atoms with van der Waals surface area (Å²) in [5.74, 6) is 0.0199. The monoisotopic (exact) mass is 412 g/mol. The molecule has 3 rings (SSSR count). The molecule has 2 aromatic rings. The van der Waals surface area contributed by atoms with Crippen molar-refractivity contribution in [2.75, 3.05) is 22.1 Å². The van der Waals surface area contributed by atoms with E-state index in [0.29, 0.717) is 24.1 Å². The van der Waals surface area contributed by atoms with Gasteiger partial charge >= 0.3 is 0 Å². The number of amides is 2. The molecule has 152 valence electrons. The number of hydrogen-bond donors (Lipinski definition) is 2. The van der Waals surface area contributed by atoms with E-state index in [1.54, 1.807) is 0 Å². The lowest BCUT2D eigenvalue weighted by atomic mass is 9.76. The number of benzene rings is 1. The van der Waals surface area contributed by atoms with Gasteiger partial charge in [0.15, 0.2) is 5.78 Å². The van der Waals surface area contributed by atoms with Gasteiger partial charge in [-0.2, -0.15) is 0 Å². The molecule has 0 fully saturated rings. The van der Waals surface area contributed by atoms with Crippen LogP contribution >= 0.6 is 11.8 Å². The SMILES string of the molecule is Cc1ccc(NC(=O)CSCC(=O)Nc2ncc3c(n2)CC(C)(C)CC3=O)cc1. The smallest absolute Gasteiger partial charge is 0.236 e. The fourth-order valence-corrected chi connectivity index (χ4v) is 3.74. The molecule has 0 aliphatic heterocycles. The van der Waals surface area contributed by atoms with E-state index in [1.807, 2.05) is 45.0 Å². The number of aryl methyl sites for hydroxylation is 1. The highest BCUT2D eigenvalue weighted by atomic mass is 32.2. The highest BCUT2D eigenvalue weighted by Crippen LogP contribution is 2.33. The molecular weight excluding hydrogens is 388 g/mol. The van der Waals surface area contributed by atoms with E-state index in [2.05, 4.69) is 20.6 Å². The number of ketones is 1. The summed E-state index contributed by atoms with van der Waals surface area (Å²) in [5, 5.41) is 5.43. The van der Waals surface area contributed by atoms with Gasteiger partial charge in [0.25, 0.3) is 0 Å². The Balaban J connectivity index is 1.48. The van der Waals surface area contributed by atoms with Crippen LogP contribution in [0.5, 0.6) is 0 Å². The van der Waals surface area contributed by atoms with Crippen molar-refractivity contribution in [1.82, 2.24) is 9.97 Å². The largest absolute Gasteiger partial charge is 0.325 e. The minimum absolute atomic E-state index is 0.0317. The molecule has 1 aliphatic rings. The standard InChI is InChI=1S/C21H24N4O3S/c1-13-4-6-14(7-5-13)23-18(27)11-29-12-19(28)25-20-22-10-15-16(24-20)8-21(2,3)9-17(15)26/h4-7,10H,8-9,11-12H2,1-3H3,(H,23,27)(H,22,24,25,28). The second kappa shape index (κ2) is 8.73. The van der Waals surface area contributed by atoms with E-state index in [-0.39, 0.29) is 40.5 Å². The van der Waals surface area contributed by atoms with Gasteiger partial charge in [-0.25, -0.2) is 9.97 Å². The lowest BCUT2D eigenvalue weighted by Crippen LogP contribution is -2.29. The second-order valence-corrected chi connectivity index (χ2v) is 8.94. The van der Waals surface area contributed by atoms with E-state index < -0.39 is 0 Å². The van der Waals surface area contributed by atoms with Crippen LogP contribution in [0.3, 0.4) is 0 Å². The maximum atomic E-state index is 12.2. The lowest BCUT2D eigenvalue weighted by molar-refractivity contribution is -0.114. The van der Waals surface area contributed by atoms with E-state index in [4.69, 9.17) is 0 Å². The van der Waals surface area contributed by atoms with Crippen LogP contribution in [0, 0.1) is 12.3 Å². The molecular formula is C21H24N4O3S. The molecule has 29 heavy (non-hydrogen) atoms. The maximum absolute atomic E-state index is 12.2. The average molecular weight is 413 g/mol.